The number of aliphatic hydroxyl groups is 1. The van der Waals surface area contributed by atoms with Gasteiger partial charge >= 0.3 is 0 Å². The summed E-state index contributed by atoms with van der Waals surface area (Å²) in [6, 6.07) is 0. The van der Waals surface area contributed by atoms with Gasteiger partial charge in [-0.25, -0.2) is 0 Å². The van der Waals surface area contributed by atoms with E-state index in [1.807, 2.05) is 19.6 Å². The van der Waals surface area contributed by atoms with Crippen molar-refractivity contribution in [3.63, 3.8) is 0 Å². The first-order valence-electron chi connectivity index (χ1n) is 7.82. The standard InChI is InChI=1S/C10H20O2Si/c1-6-10(11,9-12-2)7-8-13(3,4)5/h11H,6,9H2,1-5H3/t10-/m0/s1/i1D3,2D3,6D2. The maximum absolute atomic E-state index is 10.3. The lowest BCUT2D eigenvalue weighted by Crippen LogP contribution is -2.32. The summed E-state index contributed by atoms with van der Waals surface area (Å²) in [6.07, 6.45) is -3.14. The molecule has 0 aromatic rings. The zero-order chi connectivity index (χ0) is 17.3. The van der Waals surface area contributed by atoms with Crippen molar-refractivity contribution in [3.05, 3.63) is 0 Å². The highest BCUT2D eigenvalue weighted by Gasteiger charge is 2.22. The zero-order valence-corrected chi connectivity index (χ0v) is 9.06. The molecule has 0 aliphatic heterocycles. The minimum absolute atomic E-state index is 1.06. The van der Waals surface area contributed by atoms with E-state index >= 15 is 0 Å². The monoisotopic (exact) mass is 208 g/mol. The van der Waals surface area contributed by atoms with Crippen LogP contribution in [-0.2, 0) is 4.74 Å². The first-order valence-corrected chi connectivity index (χ1v) is 7.32. The maximum Gasteiger partial charge on any atom is 0.147 e. The Morgan fingerprint density at radius 1 is 1.62 bits per heavy atom. The fraction of sp³-hybridized carbons (Fsp3) is 0.800. The first-order chi connectivity index (χ1) is 8.91. The Hall–Kier alpha value is -0.303. The summed E-state index contributed by atoms with van der Waals surface area (Å²) < 4.78 is 62.1. The van der Waals surface area contributed by atoms with Crippen LogP contribution in [0.15, 0.2) is 0 Å². The predicted molar refractivity (Wildman–Crippen MR) is 58.2 cm³/mol. The molecule has 0 aromatic carbocycles. The van der Waals surface area contributed by atoms with Gasteiger partial charge in [0.25, 0.3) is 0 Å². The number of rotatable bonds is 3. The van der Waals surface area contributed by atoms with Crippen molar-refractivity contribution < 1.29 is 20.8 Å². The largest absolute Gasteiger partial charge is 0.381 e. The topological polar surface area (TPSA) is 29.5 Å². The van der Waals surface area contributed by atoms with Crippen LogP contribution in [0.1, 0.15) is 24.2 Å². The average Bonchev–Trinajstić information content (AvgIpc) is 2.19. The third-order valence-electron chi connectivity index (χ3n) is 1.13. The third kappa shape index (κ3) is 5.86. The van der Waals surface area contributed by atoms with Crippen LogP contribution in [0, 0.1) is 11.5 Å². The molecule has 0 aliphatic carbocycles. The molecule has 0 spiro atoms. The summed E-state index contributed by atoms with van der Waals surface area (Å²) in [5, 5.41) is 10.3. The number of ether oxygens (including phenoxy) is 1. The second-order valence-corrected chi connectivity index (χ2v) is 8.52. The van der Waals surface area contributed by atoms with E-state index in [1.54, 1.807) is 0 Å². The van der Waals surface area contributed by atoms with Gasteiger partial charge < -0.3 is 9.84 Å². The quantitative estimate of drug-likeness (QED) is 0.564. The normalized spacial score (nSPS) is 28.0. The Balaban J connectivity index is 5.72. The zero-order valence-electron chi connectivity index (χ0n) is 16.1. The van der Waals surface area contributed by atoms with E-state index in [1.165, 1.54) is 0 Å². The fourth-order valence-electron chi connectivity index (χ4n) is 0.499. The van der Waals surface area contributed by atoms with Crippen molar-refractivity contribution in [2.24, 2.45) is 0 Å². The summed E-state index contributed by atoms with van der Waals surface area (Å²) in [5.74, 6) is 2.21. The molecule has 0 heterocycles. The number of methoxy groups -OCH3 is 1. The van der Waals surface area contributed by atoms with E-state index in [4.69, 9.17) is 11.0 Å². The molecule has 1 atom stereocenters. The molecule has 3 heteroatoms. The SMILES string of the molecule is [2H]C([2H])([2H])OC[C@@](O)(C#C[Si](C)(C)C)C([2H])([2H])C([2H])([2H])[2H]. The van der Waals surface area contributed by atoms with Crippen molar-refractivity contribution in [2.45, 2.75) is 38.5 Å². The minimum atomic E-state index is -3.19. The molecule has 0 unspecified atom stereocenters. The average molecular weight is 208 g/mol. The predicted octanol–water partition coefficient (Wildman–Crippen LogP) is 1.65. The second-order valence-electron chi connectivity index (χ2n) is 3.77. The molecule has 0 rings (SSSR count). The first kappa shape index (κ1) is 4.48. The van der Waals surface area contributed by atoms with Gasteiger partial charge in [0.2, 0.25) is 0 Å². The third-order valence-corrected chi connectivity index (χ3v) is 2.01. The smallest absolute Gasteiger partial charge is 0.147 e. The highest BCUT2D eigenvalue weighted by Crippen LogP contribution is 2.09. The molecule has 0 radical (unpaired) electrons. The van der Waals surface area contributed by atoms with E-state index in [0.717, 1.165) is 0 Å². The van der Waals surface area contributed by atoms with Gasteiger partial charge in [0.15, 0.2) is 0 Å². The summed E-state index contributed by atoms with van der Waals surface area (Å²) in [4.78, 5) is 0. The van der Waals surface area contributed by atoms with Crippen molar-refractivity contribution in [1.82, 2.24) is 0 Å². The van der Waals surface area contributed by atoms with Crippen molar-refractivity contribution in [3.8, 4) is 11.5 Å². The Kier molecular flexibility index (Phi) is 1.65. The summed E-state index contributed by atoms with van der Waals surface area (Å²) in [5.41, 5.74) is -0.0810. The Labute approximate surface area is 93.6 Å². The molecule has 1 N–H and O–H groups in total. The molecular weight excluding hydrogens is 180 g/mol. The molecule has 0 saturated heterocycles. The number of hydrogen-bond acceptors (Lipinski definition) is 2. The number of hydrogen-bond donors (Lipinski definition) is 1. The second kappa shape index (κ2) is 4.80. The lowest BCUT2D eigenvalue weighted by molar-refractivity contribution is 0.0111. The van der Waals surface area contributed by atoms with Crippen LogP contribution in [0.5, 0.6) is 0 Å². The molecule has 13 heavy (non-hydrogen) atoms. The van der Waals surface area contributed by atoms with Crippen LogP contribution in [0.3, 0.4) is 0 Å². The lowest BCUT2D eigenvalue weighted by atomic mass is 10.0. The van der Waals surface area contributed by atoms with E-state index < -0.39 is 40.5 Å². The van der Waals surface area contributed by atoms with Crippen LogP contribution in [0.2, 0.25) is 19.6 Å². The van der Waals surface area contributed by atoms with Gasteiger partial charge in [-0.15, -0.1) is 5.54 Å². The van der Waals surface area contributed by atoms with Crippen LogP contribution < -0.4 is 0 Å². The molecule has 2 nitrogen and oxygen atoms in total. The highest BCUT2D eigenvalue weighted by molar-refractivity contribution is 6.83. The van der Waals surface area contributed by atoms with Gasteiger partial charge in [0.1, 0.15) is 13.7 Å². The van der Waals surface area contributed by atoms with Crippen LogP contribution >= 0.6 is 0 Å². The van der Waals surface area contributed by atoms with Crippen LogP contribution in [0.25, 0.3) is 0 Å². The molecule has 76 valence electrons. The van der Waals surface area contributed by atoms with E-state index in [2.05, 4.69) is 16.2 Å². The van der Waals surface area contributed by atoms with Gasteiger partial charge in [-0.2, -0.15) is 0 Å². The van der Waals surface area contributed by atoms with Gasteiger partial charge in [-0.05, 0) is 6.37 Å². The summed E-state index contributed by atoms with van der Waals surface area (Å²) >= 11 is 0. The maximum atomic E-state index is 10.3. The van der Waals surface area contributed by atoms with Crippen molar-refractivity contribution >= 4 is 8.07 Å². The van der Waals surface area contributed by atoms with Crippen molar-refractivity contribution in [1.29, 1.82) is 0 Å². The van der Waals surface area contributed by atoms with Crippen molar-refractivity contribution in [2.75, 3.05) is 13.6 Å². The molecular formula is C10H20O2Si. The van der Waals surface area contributed by atoms with Gasteiger partial charge in [0, 0.05) is 13.9 Å². The molecule has 0 bridgehead atoms. The van der Waals surface area contributed by atoms with E-state index in [0.29, 0.717) is 0 Å². The van der Waals surface area contributed by atoms with E-state index in [9.17, 15) is 5.11 Å². The summed E-state index contributed by atoms with van der Waals surface area (Å²) in [6.45, 7) is 1.20. The van der Waals surface area contributed by atoms with Crippen LogP contribution in [-0.4, -0.2) is 32.4 Å². The Bertz CT molecular complexity index is 426. The van der Waals surface area contributed by atoms with Gasteiger partial charge in [-0.3, -0.25) is 0 Å². The molecule has 0 saturated carbocycles. The molecule has 0 fully saturated rings. The molecule has 0 amide bonds. The van der Waals surface area contributed by atoms with Gasteiger partial charge in [0.05, 0.1) is 10.7 Å². The highest BCUT2D eigenvalue weighted by atomic mass is 28.3. The minimum Gasteiger partial charge on any atom is -0.381 e. The Morgan fingerprint density at radius 3 is 2.77 bits per heavy atom. The lowest BCUT2D eigenvalue weighted by Gasteiger charge is -2.19. The Morgan fingerprint density at radius 2 is 2.31 bits per heavy atom. The molecule has 0 aromatic heterocycles. The van der Waals surface area contributed by atoms with E-state index in [-0.39, 0.29) is 0 Å². The summed E-state index contributed by atoms with van der Waals surface area (Å²) in [7, 11) is -4.94. The molecule has 0 aliphatic rings. The van der Waals surface area contributed by atoms with Gasteiger partial charge in [-0.1, -0.05) is 32.4 Å². The fourth-order valence-corrected chi connectivity index (χ4v) is 1.08. The van der Waals surface area contributed by atoms with Crippen LogP contribution in [0.4, 0.5) is 0 Å².